The number of hydrogen-bond acceptors (Lipinski definition) is 2. The Morgan fingerprint density at radius 3 is 2.33 bits per heavy atom. The second-order valence-electron chi connectivity index (χ2n) is 6.86. The lowest BCUT2D eigenvalue weighted by atomic mass is 10.0. The number of hydrogen-bond donors (Lipinski definition) is 1. The number of rotatable bonds is 6. The van der Waals surface area contributed by atoms with Gasteiger partial charge in [-0.05, 0) is 35.8 Å². The summed E-state index contributed by atoms with van der Waals surface area (Å²) in [6.07, 6.45) is 1.76. The Hall–Kier alpha value is -2.42. The van der Waals surface area contributed by atoms with Crippen molar-refractivity contribution < 1.29 is 4.79 Å². The van der Waals surface area contributed by atoms with E-state index in [0.717, 1.165) is 24.1 Å². The molecular weight excluding hydrogens is 296 g/mol. The molecule has 1 amide bonds. The molecule has 0 aliphatic heterocycles. The largest absolute Gasteiger partial charge is 0.273 e. The molecule has 1 fully saturated rings. The Kier molecular flexibility index (Phi) is 5.09. The molecule has 0 heterocycles. The van der Waals surface area contributed by atoms with Crippen LogP contribution in [-0.2, 0) is 4.79 Å². The van der Waals surface area contributed by atoms with Gasteiger partial charge < -0.3 is 0 Å². The Morgan fingerprint density at radius 2 is 1.71 bits per heavy atom. The normalized spacial score (nSPS) is 20.0. The quantitative estimate of drug-likeness (QED) is 0.623. The maximum absolute atomic E-state index is 12.4. The number of amides is 1. The molecule has 3 heteroatoms. The standard InChI is InChI=1S/C21H24N2O/c1-15(2)13-20(17-11-7-4-8-12-17)22-23-21(24)19-14-18(19)16-9-5-3-6-10-16/h3-12,15,18-19H,13-14H2,1-2H3,(H,23,24). The molecule has 0 bridgehead atoms. The van der Waals surface area contributed by atoms with Gasteiger partial charge in [0.25, 0.3) is 0 Å². The highest BCUT2D eigenvalue weighted by Crippen LogP contribution is 2.47. The summed E-state index contributed by atoms with van der Waals surface area (Å²) in [6, 6.07) is 20.3. The van der Waals surface area contributed by atoms with Crippen LogP contribution >= 0.6 is 0 Å². The van der Waals surface area contributed by atoms with E-state index >= 15 is 0 Å². The third-order valence-corrected chi connectivity index (χ3v) is 4.36. The van der Waals surface area contributed by atoms with Crippen LogP contribution in [0.4, 0.5) is 0 Å². The van der Waals surface area contributed by atoms with Crippen molar-refractivity contribution in [2.24, 2.45) is 16.9 Å². The van der Waals surface area contributed by atoms with Crippen LogP contribution in [0.3, 0.4) is 0 Å². The van der Waals surface area contributed by atoms with Crippen molar-refractivity contribution in [3.8, 4) is 0 Å². The monoisotopic (exact) mass is 320 g/mol. The lowest BCUT2D eigenvalue weighted by Crippen LogP contribution is -2.22. The SMILES string of the molecule is CC(C)CC(=NNC(=O)C1CC1c1ccccc1)c1ccccc1. The van der Waals surface area contributed by atoms with Crippen molar-refractivity contribution in [1.82, 2.24) is 5.43 Å². The van der Waals surface area contributed by atoms with Crippen LogP contribution in [0.2, 0.25) is 0 Å². The highest BCUT2D eigenvalue weighted by atomic mass is 16.2. The molecule has 0 aromatic heterocycles. The zero-order valence-corrected chi connectivity index (χ0v) is 14.3. The van der Waals surface area contributed by atoms with Gasteiger partial charge in [0.05, 0.1) is 5.71 Å². The first kappa shape index (κ1) is 16.4. The number of carbonyl (C=O) groups excluding carboxylic acids is 1. The molecular formula is C21H24N2O. The smallest absolute Gasteiger partial charge is 0.243 e. The van der Waals surface area contributed by atoms with E-state index in [1.165, 1.54) is 5.56 Å². The summed E-state index contributed by atoms with van der Waals surface area (Å²) in [6.45, 7) is 4.32. The number of carbonyl (C=O) groups is 1. The molecule has 0 radical (unpaired) electrons. The minimum absolute atomic E-state index is 0.0287. The summed E-state index contributed by atoms with van der Waals surface area (Å²) >= 11 is 0. The molecule has 1 aliphatic carbocycles. The van der Waals surface area contributed by atoms with Gasteiger partial charge in [0, 0.05) is 5.92 Å². The Labute approximate surface area is 143 Å². The highest BCUT2D eigenvalue weighted by molar-refractivity contribution is 6.01. The van der Waals surface area contributed by atoms with Crippen LogP contribution in [0.1, 0.15) is 43.7 Å². The van der Waals surface area contributed by atoms with Crippen LogP contribution in [0, 0.1) is 11.8 Å². The summed E-state index contributed by atoms with van der Waals surface area (Å²) < 4.78 is 0. The van der Waals surface area contributed by atoms with Crippen LogP contribution < -0.4 is 5.43 Å². The third-order valence-electron chi connectivity index (χ3n) is 4.36. The third kappa shape index (κ3) is 4.10. The van der Waals surface area contributed by atoms with Gasteiger partial charge in [-0.3, -0.25) is 4.79 Å². The number of hydrazone groups is 1. The van der Waals surface area contributed by atoms with Gasteiger partial charge in [-0.15, -0.1) is 0 Å². The minimum atomic E-state index is 0.0287. The fourth-order valence-electron chi connectivity index (χ4n) is 3.00. The summed E-state index contributed by atoms with van der Waals surface area (Å²) in [5, 5.41) is 4.44. The lowest BCUT2D eigenvalue weighted by Gasteiger charge is -2.10. The van der Waals surface area contributed by atoms with Gasteiger partial charge in [0.1, 0.15) is 0 Å². The molecule has 0 saturated heterocycles. The number of benzene rings is 2. The van der Waals surface area contributed by atoms with Gasteiger partial charge in [-0.25, -0.2) is 5.43 Å². The lowest BCUT2D eigenvalue weighted by molar-refractivity contribution is -0.122. The summed E-state index contributed by atoms with van der Waals surface area (Å²) in [5.74, 6) is 0.902. The Balaban J connectivity index is 1.65. The molecule has 3 nitrogen and oxygen atoms in total. The molecule has 24 heavy (non-hydrogen) atoms. The van der Waals surface area contributed by atoms with E-state index in [9.17, 15) is 4.79 Å². The van der Waals surface area contributed by atoms with Gasteiger partial charge in [-0.1, -0.05) is 74.5 Å². The van der Waals surface area contributed by atoms with E-state index in [1.54, 1.807) is 0 Å². The van der Waals surface area contributed by atoms with E-state index < -0.39 is 0 Å². The predicted molar refractivity (Wildman–Crippen MR) is 97.9 cm³/mol. The van der Waals surface area contributed by atoms with E-state index in [0.29, 0.717) is 11.8 Å². The number of nitrogens with one attached hydrogen (secondary N) is 1. The molecule has 1 saturated carbocycles. The minimum Gasteiger partial charge on any atom is -0.273 e. The fraction of sp³-hybridized carbons (Fsp3) is 0.333. The molecule has 124 valence electrons. The average Bonchev–Trinajstić information content (AvgIpc) is 3.40. The summed E-state index contributed by atoms with van der Waals surface area (Å²) in [4.78, 5) is 12.4. The van der Waals surface area contributed by atoms with Crippen LogP contribution in [0.15, 0.2) is 65.8 Å². The summed E-state index contributed by atoms with van der Waals surface area (Å²) in [5.41, 5.74) is 6.05. The van der Waals surface area contributed by atoms with Gasteiger partial charge in [0.2, 0.25) is 5.91 Å². The molecule has 1 aliphatic rings. The van der Waals surface area contributed by atoms with Crippen LogP contribution in [0.5, 0.6) is 0 Å². The van der Waals surface area contributed by atoms with Crippen molar-refractivity contribution in [1.29, 1.82) is 0 Å². The van der Waals surface area contributed by atoms with Crippen molar-refractivity contribution >= 4 is 11.6 Å². The first-order valence-corrected chi connectivity index (χ1v) is 8.62. The van der Waals surface area contributed by atoms with Gasteiger partial charge >= 0.3 is 0 Å². The first-order valence-electron chi connectivity index (χ1n) is 8.62. The van der Waals surface area contributed by atoms with Crippen molar-refractivity contribution in [3.63, 3.8) is 0 Å². The molecule has 1 N–H and O–H groups in total. The zero-order valence-electron chi connectivity index (χ0n) is 14.3. The van der Waals surface area contributed by atoms with Gasteiger partial charge in [0.15, 0.2) is 0 Å². The molecule has 0 spiro atoms. The van der Waals surface area contributed by atoms with Crippen molar-refractivity contribution in [3.05, 3.63) is 71.8 Å². The van der Waals surface area contributed by atoms with E-state index in [2.05, 4.69) is 36.5 Å². The second-order valence-corrected chi connectivity index (χ2v) is 6.86. The molecule has 2 unspecified atom stereocenters. The fourth-order valence-corrected chi connectivity index (χ4v) is 3.00. The van der Waals surface area contributed by atoms with Gasteiger partial charge in [-0.2, -0.15) is 5.10 Å². The maximum Gasteiger partial charge on any atom is 0.243 e. The average molecular weight is 320 g/mol. The van der Waals surface area contributed by atoms with E-state index in [1.807, 2.05) is 48.5 Å². The Bertz CT molecular complexity index is 707. The van der Waals surface area contributed by atoms with Crippen LogP contribution in [-0.4, -0.2) is 11.6 Å². The second kappa shape index (κ2) is 7.43. The zero-order chi connectivity index (χ0) is 16.9. The summed E-state index contributed by atoms with van der Waals surface area (Å²) in [7, 11) is 0. The maximum atomic E-state index is 12.4. The highest BCUT2D eigenvalue weighted by Gasteiger charge is 2.43. The van der Waals surface area contributed by atoms with Crippen molar-refractivity contribution in [2.45, 2.75) is 32.6 Å². The Morgan fingerprint density at radius 1 is 1.08 bits per heavy atom. The van der Waals surface area contributed by atoms with E-state index in [4.69, 9.17) is 0 Å². The van der Waals surface area contributed by atoms with Crippen LogP contribution in [0.25, 0.3) is 0 Å². The van der Waals surface area contributed by atoms with E-state index in [-0.39, 0.29) is 11.8 Å². The number of nitrogens with zero attached hydrogens (tertiary/aromatic N) is 1. The topological polar surface area (TPSA) is 41.5 Å². The first-order chi connectivity index (χ1) is 11.6. The predicted octanol–water partition coefficient (Wildman–Crippen LogP) is 4.36. The molecule has 3 rings (SSSR count). The molecule has 2 aromatic rings. The van der Waals surface area contributed by atoms with Crippen molar-refractivity contribution in [2.75, 3.05) is 0 Å². The molecule has 2 atom stereocenters. The molecule has 2 aromatic carbocycles.